The number of rotatable bonds is 11. The number of likely N-dealkylation sites (N-methyl/N-ethyl adjacent to an activating group) is 1. The summed E-state index contributed by atoms with van der Waals surface area (Å²) in [5, 5.41) is 6.26. The van der Waals surface area contributed by atoms with Crippen molar-refractivity contribution in [2.45, 2.75) is 38.5 Å². The van der Waals surface area contributed by atoms with Crippen LogP contribution in [0.1, 0.15) is 27.2 Å². The van der Waals surface area contributed by atoms with Crippen molar-refractivity contribution >= 4 is 46.3 Å². The van der Waals surface area contributed by atoms with E-state index in [1.807, 2.05) is 10.8 Å². The van der Waals surface area contributed by atoms with Gasteiger partial charge in [-0.25, -0.2) is 0 Å². The Labute approximate surface area is 159 Å². The molecule has 3 atom stereocenters. The monoisotopic (exact) mass is 381 g/mol. The molecule has 2 N–H and O–H groups in total. The predicted molar refractivity (Wildman–Crippen MR) is 109 cm³/mol. The van der Waals surface area contributed by atoms with Crippen molar-refractivity contribution in [2.24, 2.45) is 5.92 Å². The van der Waals surface area contributed by atoms with Crippen LogP contribution in [0.15, 0.2) is 24.3 Å². The molecule has 0 heterocycles. The first kappa shape index (κ1) is 21.9. The molecule has 1 amide bonds. The molecule has 0 aliphatic heterocycles. The van der Waals surface area contributed by atoms with Gasteiger partial charge in [0.25, 0.3) is 0 Å². The summed E-state index contributed by atoms with van der Waals surface area (Å²) in [5.74, 6) is 0.625. The summed E-state index contributed by atoms with van der Waals surface area (Å²) in [4.78, 5) is 23.4. The van der Waals surface area contributed by atoms with Crippen LogP contribution in [0.5, 0.6) is 5.75 Å². The first-order chi connectivity index (χ1) is 11.9. The predicted octanol–water partition coefficient (Wildman–Crippen LogP) is 3.18. The summed E-state index contributed by atoms with van der Waals surface area (Å²) in [5.41, 5.74) is 0.607. The number of carbonyl (C=O) groups excluding carboxylic acids is 2. The average Bonchev–Trinajstić information content (AvgIpc) is 2.54. The number of nitrogens with one attached hydrogen (secondary N) is 2. The van der Waals surface area contributed by atoms with E-state index in [0.29, 0.717) is 16.7 Å². The van der Waals surface area contributed by atoms with Crippen LogP contribution in [0.3, 0.4) is 0 Å². The third-order valence-electron chi connectivity index (χ3n) is 3.64. The molecule has 5 nitrogen and oxygen atoms in total. The van der Waals surface area contributed by atoms with E-state index in [4.69, 9.17) is 4.65 Å². The van der Waals surface area contributed by atoms with E-state index in [-0.39, 0.29) is 23.5 Å². The molecule has 0 spiro atoms. The first-order valence-corrected chi connectivity index (χ1v) is 10.8. The fraction of sp³-hybridized carbons (Fsp3) is 0.529. The number of benzene rings is 1. The lowest BCUT2D eigenvalue weighted by atomic mass is 9.80. The molecular weight excluding hydrogens is 355 g/mol. The zero-order valence-electron chi connectivity index (χ0n) is 15.4. The zero-order valence-corrected chi connectivity index (χ0v) is 17.0. The normalized spacial score (nSPS) is 14.3. The average molecular weight is 381 g/mol. The van der Waals surface area contributed by atoms with Gasteiger partial charge in [0.05, 0.1) is 11.8 Å². The SMILES string of the molecule is CNC(C(=O)[B]Oc1ccc(NC(C)=O)cc1)C(C)CC(C)SSC. The molecule has 3 unspecified atom stereocenters. The van der Waals surface area contributed by atoms with Crippen LogP contribution in [-0.4, -0.2) is 43.7 Å². The van der Waals surface area contributed by atoms with Gasteiger partial charge in [0.15, 0.2) is 5.68 Å². The van der Waals surface area contributed by atoms with Gasteiger partial charge in [-0.15, -0.1) is 0 Å². The van der Waals surface area contributed by atoms with E-state index in [1.54, 1.807) is 42.1 Å². The molecule has 0 aliphatic carbocycles. The Morgan fingerprint density at radius 2 is 1.88 bits per heavy atom. The van der Waals surface area contributed by atoms with Gasteiger partial charge in [0.2, 0.25) is 5.91 Å². The fourth-order valence-corrected chi connectivity index (χ4v) is 4.52. The van der Waals surface area contributed by atoms with Gasteiger partial charge in [0, 0.05) is 17.9 Å². The molecule has 25 heavy (non-hydrogen) atoms. The van der Waals surface area contributed by atoms with Crippen LogP contribution < -0.4 is 15.3 Å². The third-order valence-corrected chi connectivity index (χ3v) is 5.91. The topological polar surface area (TPSA) is 67.4 Å². The van der Waals surface area contributed by atoms with Gasteiger partial charge in [-0.1, -0.05) is 35.4 Å². The molecule has 1 rings (SSSR count). The van der Waals surface area contributed by atoms with Crippen molar-refractivity contribution in [2.75, 3.05) is 18.6 Å². The summed E-state index contributed by atoms with van der Waals surface area (Å²) < 4.78 is 5.48. The maximum absolute atomic E-state index is 12.4. The van der Waals surface area contributed by atoms with Crippen molar-refractivity contribution in [3.05, 3.63) is 24.3 Å². The Bertz CT molecular complexity index is 557. The lowest BCUT2D eigenvalue weighted by molar-refractivity contribution is -0.115. The van der Waals surface area contributed by atoms with Crippen LogP contribution in [0.2, 0.25) is 0 Å². The maximum Gasteiger partial charge on any atom is 0.452 e. The largest absolute Gasteiger partial charge is 0.556 e. The van der Waals surface area contributed by atoms with Crippen LogP contribution >= 0.6 is 21.6 Å². The summed E-state index contributed by atoms with van der Waals surface area (Å²) >= 11 is 0. The molecule has 0 aromatic heterocycles. The van der Waals surface area contributed by atoms with E-state index in [2.05, 4.69) is 30.7 Å². The summed E-state index contributed by atoms with van der Waals surface area (Å²) in [6, 6.07) is 6.61. The van der Waals surface area contributed by atoms with Crippen molar-refractivity contribution in [1.82, 2.24) is 5.32 Å². The maximum atomic E-state index is 12.4. The van der Waals surface area contributed by atoms with Crippen molar-refractivity contribution in [1.29, 1.82) is 0 Å². The van der Waals surface area contributed by atoms with E-state index in [9.17, 15) is 9.59 Å². The Kier molecular flexibility index (Phi) is 10.1. The van der Waals surface area contributed by atoms with E-state index < -0.39 is 0 Å². The molecule has 0 saturated heterocycles. The fourth-order valence-electron chi connectivity index (χ4n) is 2.59. The van der Waals surface area contributed by atoms with Crippen LogP contribution in [0, 0.1) is 5.92 Å². The van der Waals surface area contributed by atoms with Gasteiger partial charge < -0.3 is 20.1 Å². The minimum atomic E-state index is -0.274. The minimum Gasteiger partial charge on any atom is -0.556 e. The van der Waals surface area contributed by atoms with Gasteiger partial charge in [-0.3, -0.25) is 4.79 Å². The van der Waals surface area contributed by atoms with Crippen LogP contribution in [0.4, 0.5) is 5.69 Å². The van der Waals surface area contributed by atoms with E-state index in [0.717, 1.165) is 6.42 Å². The second kappa shape index (κ2) is 11.5. The van der Waals surface area contributed by atoms with E-state index >= 15 is 0 Å². The molecule has 0 aliphatic rings. The Morgan fingerprint density at radius 1 is 1.24 bits per heavy atom. The highest BCUT2D eigenvalue weighted by Gasteiger charge is 2.26. The highest BCUT2D eigenvalue weighted by Crippen LogP contribution is 2.29. The quantitative estimate of drug-likeness (QED) is 0.453. The highest BCUT2D eigenvalue weighted by atomic mass is 33.1. The molecule has 1 radical (unpaired) electrons. The minimum absolute atomic E-state index is 0.0812. The molecule has 0 saturated carbocycles. The van der Waals surface area contributed by atoms with Gasteiger partial charge in [-0.05, 0) is 49.9 Å². The molecule has 1 aromatic carbocycles. The second-order valence-corrected chi connectivity index (χ2v) is 8.80. The van der Waals surface area contributed by atoms with Crippen molar-refractivity contribution in [3.63, 3.8) is 0 Å². The summed E-state index contributed by atoms with van der Waals surface area (Å²) in [6.07, 6.45) is 3.01. The summed E-state index contributed by atoms with van der Waals surface area (Å²) in [6.45, 7) is 5.70. The van der Waals surface area contributed by atoms with Crippen molar-refractivity contribution < 1.29 is 14.2 Å². The standard InChI is InChI=1S/C17H26BN2O3S2/c1-11(10-12(2)25-24-5)16(19-4)17(22)18-23-15-8-6-14(7-9-15)20-13(3)21/h6-9,11-12,16,19H,10H2,1-5H3,(H,20,21). The van der Waals surface area contributed by atoms with Gasteiger partial charge >= 0.3 is 7.48 Å². The number of anilines is 1. The van der Waals surface area contributed by atoms with Gasteiger partial charge in [-0.2, -0.15) is 0 Å². The molecule has 137 valence electrons. The second-order valence-electron chi connectivity index (χ2n) is 5.90. The molecule has 0 bridgehead atoms. The smallest absolute Gasteiger partial charge is 0.452 e. The van der Waals surface area contributed by atoms with Crippen LogP contribution in [0.25, 0.3) is 0 Å². The number of hydrogen-bond donors (Lipinski definition) is 2. The molecule has 1 aromatic rings. The molecular formula is C17H26BN2O3S2. The Hall–Kier alpha value is -1.12. The lowest BCUT2D eigenvalue weighted by Gasteiger charge is -2.24. The lowest BCUT2D eigenvalue weighted by Crippen LogP contribution is -2.44. The Balaban J connectivity index is 2.53. The number of amides is 1. The molecule has 8 heteroatoms. The van der Waals surface area contributed by atoms with Gasteiger partial charge in [0.1, 0.15) is 0 Å². The highest BCUT2D eigenvalue weighted by molar-refractivity contribution is 8.76. The Morgan fingerprint density at radius 3 is 2.40 bits per heavy atom. The summed E-state index contributed by atoms with van der Waals surface area (Å²) in [7, 11) is 6.62. The zero-order chi connectivity index (χ0) is 18.8. The molecule has 0 fully saturated rings. The van der Waals surface area contributed by atoms with E-state index in [1.165, 1.54) is 14.4 Å². The van der Waals surface area contributed by atoms with Crippen molar-refractivity contribution in [3.8, 4) is 5.75 Å². The number of hydrogen-bond acceptors (Lipinski definition) is 6. The van der Waals surface area contributed by atoms with Crippen LogP contribution in [-0.2, 0) is 9.59 Å². The number of carbonyl (C=O) groups is 2. The third kappa shape index (κ3) is 8.20. The first-order valence-electron chi connectivity index (χ1n) is 8.15.